The summed E-state index contributed by atoms with van der Waals surface area (Å²) in [5, 5.41) is -0.284. The Morgan fingerprint density at radius 1 is 1.25 bits per heavy atom. The van der Waals surface area contributed by atoms with Gasteiger partial charge in [0.2, 0.25) is 0 Å². The molecule has 0 radical (unpaired) electrons. The van der Waals surface area contributed by atoms with Crippen LogP contribution in [0.4, 0.5) is 14.5 Å². The molecule has 1 heterocycles. The van der Waals surface area contributed by atoms with E-state index in [1.165, 1.54) is 31.3 Å². The molecule has 0 unspecified atom stereocenters. The number of aryl methyl sites for hydroxylation is 1. The van der Waals surface area contributed by atoms with Crippen LogP contribution in [0, 0.1) is 18.6 Å². The van der Waals surface area contributed by atoms with Crippen molar-refractivity contribution in [3.63, 3.8) is 0 Å². The summed E-state index contributed by atoms with van der Waals surface area (Å²) in [6, 6.07) is 4.72. The molecule has 0 aliphatic carbocycles. The Hall–Kier alpha value is -1.73. The molecule has 106 valence electrons. The van der Waals surface area contributed by atoms with Gasteiger partial charge in [0, 0.05) is 6.20 Å². The minimum atomic E-state index is -4.23. The fraction of sp³-hybridized carbons (Fsp3) is 0.0833. The van der Waals surface area contributed by atoms with Gasteiger partial charge in [0.05, 0.1) is 0 Å². The second kappa shape index (κ2) is 5.34. The predicted octanol–water partition coefficient (Wildman–Crippen LogP) is 3.12. The Balaban J connectivity index is 2.50. The van der Waals surface area contributed by atoms with Crippen LogP contribution in [0.1, 0.15) is 5.56 Å². The van der Waals surface area contributed by atoms with Crippen LogP contribution >= 0.6 is 11.6 Å². The Bertz CT molecular complexity index is 766. The second-order valence-corrected chi connectivity index (χ2v) is 5.96. The first-order chi connectivity index (χ1) is 9.33. The van der Waals surface area contributed by atoms with Crippen LogP contribution in [-0.2, 0) is 10.0 Å². The van der Waals surface area contributed by atoms with E-state index in [2.05, 4.69) is 4.98 Å². The molecule has 0 saturated carbocycles. The summed E-state index contributed by atoms with van der Waals surface area (Å²) in [5.41, 5.74) is -0.633. The number of benzene rings is 1. The van der Waals surface area contributed by atoms with Gasteiger partial charge in [0.15, 0.2) is 5.82 Å². The Morgan fingerprint density at radius 2 is 1.95 bits per heavy atom. The van der Waals surface area contributed by atoms with Crippen LogP contribution in [0.25, 0.3) is 0 Å². The topological polar surface area (TPSA) is 59.1 Å². The summed E-state index contributed by atoms with van der Waals surface area (Å²) >= 11 is 5.67. The highest BCUT2D eigenvalue weighted by Gasteiger charge is 2.22. The number of hydrogen-bond acceptors (Lipinski definition) is 3. The molecule has 0 spiro atoms. The number of pyridine rings is 1. The highest BCUT2D eigenvalue weighted by Crippen LogP contribution is 2.26. The standard InChI is InChI=1S/C12H9ClF2N2O2S/c1-7-4-5-8(14)11(10(7)15)17-20(18,19)9-3-2-6-16-12(9)13/h2-6,17H,1H3. The molecule has 2 rings (SSSR count). The van der Waals surface area contributed by atoms with E-state index >= 15 is 0 Å². The lowest BCUT2D eigenvalue weighted by Crippen LogP contribution is -2.16. The maximum absolute atomic E-state index is 13.8. The number of aromatic nitrogens is 1. The number of sulfonamides is 1. The van der Waals surface area contributed by atoms with Crippen LogP contribution in [0.3, 0.4) is 0 Å². The smallest absolute Gasteiger partial charge is 0.265 e. The van der Waals surface area contributed by atoms with Gasteiger partial charge in [0.1, 0.15) is 21.6 Å². The van der Waals surface area contributed by atoms with E-state index in [1.807, 2.05) is 4.72 Å². The Morgan fingerprint density at radius 3 is 2.60 bits per heavy atom. The van der Waals surface area contributed by atoms with Gasteiger partial charge < -0.3 is 0 Å². The molecule has 1 aromatic heterocycles. The van der Waals surface area contributed by atoms with Gasteiger partial charge in [-0.05, 0) is 30.7 Å². The van der Waals surface area contributed by atoms with Gasteiger partial charge in [-0.15, -0.1) is 0 Å². The zero-order valence-corrected chi connectivity index (χ0v) is 11.8. The fourth-order valence-corrected chi connectivity index (χ4v) is 3.03. The molecule has 20 heavy (non-hydrogen) atoms. The maximum atomic E-state index is 13.8. The summed E-state index contributed by atoms with van der Waals surface area (Å²) in [5.74, 6) is -2.00. The van der Waals surface area contributed by atoms with Crippen molar-refractivity contribution in [3.8, 4) is 0 Å². The van der Waals surface area contributed by atoms with Crippen LogP contribution in [0.5, 0.6) is 0 Å². The highest BCUT2D eigenvalue weighted by molar-refractivity contribution is 7.92. The van der Waals surface area contributed by atoms with E-state index in [4.69, 9.17) is 11.6 Å². The molecule has 0 bridgehead atoms. The van der Waals surface area contributed by atoms with Crippen LogP contribution in [0.15, 0.2) is 35.4 Å². The molecule has 1 N–H and O–H groups in total. The lowest BCUT2D eigenvalue weighted by molar-refractivity contribution is 0.578. The van der Waals surface area contributed by atoms with Crippen molar-refractivity contribution < 1.29 is 17.2 Å². The number of anilines is 1. The van der Waals surface area contributed by atoms with Gasteiger partial charge in [-0.1, -0.05) is 17.7 Å². The molecule has 4 nitrogen and oxygen atoms in total. The van der Waals surface area contributed by atoms with Gasteiger partial charge in [-0.25, -0.2) is 22.2 Å². The molecule has 0 fully saturated rings. The SMILES string of the molecule is Cc1ccc(F)c(NS(=O)(=O)c2cccnc2Cl)c1F. The Labute approximate surface area is 119 Å². The molecular formula is C12H9ClF2N2O2S. The average Bonchev–Trinajstić information content (AvgIpc) is 2.39. The molecule has 0 atom stereocenters. The van der Waals surface area contributed by atoms with Crippen molar-refractivity contribution in [1.82, 2.24) is 4.98 Å². The molecule has 8 heteroatoms. The van der Waals surface area contributed by atoms with Crippen molar-refractivity contribution in [1.29, 1.82) is 0 Å². The number of rotatable bonds is 3. The van der Waals surface area contributed by atoms with Crippen molar-refractivity contribution in [2.75, 3.05) is 4.72 Å². The van der Waals surface area contributed by atoms with Crippen molar-refractivity contribution in [2.45, 2.75) is 11.8 Å². The third kappa shape index (κ3) is 2.73. The molecule has 0 amide bonds. The largest absolute Gasteiger partial charge is 0.274 e. The fourth-order valence-electron chi connectivity index (χ4n) is 1.51. The van der Waals surface area contributed by atoms with Gasteiger partial charge in [-0.2, -0.15) is 0 Å². The van der Waals surface area contributed by atoms with E-state index in [9.17, 15) is 17.2 Å². The van der Waals surface area contributed by atoms with Crippen LogP contribution in [0.2, 0.25) is 5.15 Å². The third-order valence-electron chi connectivity index (χ3n) is 2.54. The molecule has 0 saturated heterocycles. The van der Waals surface area contributed by atoms with E-state index < -0.39 is 27.3 Å². The predicted molar refractivity (Wildman–Crippen MR) is 71.2 cm³/mol. The zero-order chi connectivity index (χ0) is 14.9. The molecule has 2 aromatic rings. The summed E-state index contributed by atoms with van der Waals surface area (Å²) in [4.78, 5) is 3.25. The first kappa shape index (κ1) is 14.7. The summed E-state index contributed by atoms with van der Waals surface area (Å²) in [7, 11) is -4.23. The van der Waals surface area contributed by atoms with E-state index in [0.29, 0.717) is 0 Å². The zero-order valence-electron chi connectivity index (χ0n) is 10.2. The lowest BCUT2D eigenvalue weighted by Gasteiger charge is -2.11. The second-order valence-electron chi connectivity index (χ2n) is 3.95. The first-order valence-electron chi connectivity index (χ1n) is 5.41. The quantitative estimate of drug-likeness (QED) is 0.885. The maximum Gasteiger partial charge on any atom is 0.265 e. The average molecular weight is 319 g/mol. The molecular weight excluding hydrogens is 310 g/mol. The van der Waals surface area contributed by atoms with Crippen LogP contribution < -0.4 is 4.72 Å². The number of nitrogens with zero attached hydrogens (tertiary/aromatic N) is 1. The monoisotopic (exact) mass is 318 g/mol. The van der Waals surface area contributed by atoms with Crippen molar-refractivity contribution in [3.05, 3.63) is 52.8 Å². The summed E-state index contributed by atoms with van der Waals surface area (Å²) in [6.45, 7) is 1.39. The van der Waals surface area contributed by atoms with Gasteiger partial charge in [0.25, 0.3) is 10.0 Å². The molecule has 0 aliphatic heterocycles. The van der Waals surface area contributed by atoms with Crippen LogP contribution in [-0.4, -0.2) is 13.4 Å². The summed E-state index contributed by atoms with van der Waals surface area (Å²) < 4.78 is 53.3. The number of nitrogens with one attached hydrogen (secondary N) is 1. The number of hydrogen-bond donors (Lipinski definition) is 1. The van der Waals surface area contributed by atoms with Gasteiger partial charge in [-0.3, -0.25) is 4.72 Å². The summed E-state index contributed by atoms with van der Waals surface area (Å²) in [6.07, 6.45) is 1.30. The van der Waals surface area contributed by atoms with Gasteiger partial charge >= 0.3 is 0 Å². The first-order valence-corrected chi connectivity index (χ1v) is 7.27. The van der Waals surface area contributed by atoms with Crippen molar-refractivity contribution in [2.24, 2.45) is 0 Å². The Kier molecular flexibility index (Phi) is 3.92. The lowest BCUT2D eigenvalue weighted by atomic mass is 10.2. The number of halogens is 3. The van der Waals surface area contributed by atoms with Crippen molar-refractivity contribution >= 4 is 27.3 Å². The minimum Gasteiger partial charge on any atom is -0.274 e. The normalized spacial score (nSPS) is 11.4. The minimum absolute atomic E-state index is 0.112. The van der Waals surface area contributed by atoms with E-state index in [-0.39, 0.29) is 15.6 Å². The third-order valence-corrected chi connectivity index (χ3v) is 4.33. The molecule has 0 aliphatic rings. The molecule has 1 aromatic carbocycles. The van der Waals surface area contributed by atoms with E-state index in [1.54, 1.807) is 0 Å². The van der Waals surface area contributed by atoms with E-state index in [0.717, 1.165) is 6.07 Å². The highest BCUT2D eigenvalue weighted by atomic mass is 35.5.